The van der Waals surface area contributed by atoms with E-state index >= 15 is 0 Å². The number of benzene rings is 1. The fourth-order valence-corrected chi connectivity index (χ4v) is 3.22. The van der Waals surface area contributed by atoms with E-state index < -0.39 is 17.3 Å². The van der Waals surface area contributed by atoms with Gasteiger partial charge in [0, 0.05) is 32.7 Å². The lowest BCUT2D eigenvalue weighted by Crippen LogP contribution is -2.50. The van der Waals surface area contributed by atoms with Crippen molar-refractivity contribution in [2.24, 2.45) is 0 Å². The second kappa shape index (κ2) is 8.86. The van der Waals surface area contributed by atoms with Gasteiger partial charge in [0.1, 0.15) is 12.1 Å². The van der Waals surface area contributed by atoms with Crippen LogP contribution in [0.4, 0.5) is 10.1 Å². The molecule has 1 atom stereocenters. The molecular formula is C21H27FN4O3. The molecule has 7 nitrogen and oxygen atoms in total. The zero-order chi connectivity index (χ0) is 21.0. The first-order valence-corrected chi connectivity index (χ1v) is 9.58. The van der Waals surface area contributed by atoms with Crippen molar-refractivity contribution >= 4 is 11.6 Å². The first-order chi connectivity index (χ1) is 13.8. The molecule has 2 heterocycles. The minimum absolute atomic E-state index is 0.113. The smallest absolute Gasteiger partial charge is 0.277 e. The summed E-state index contributed by atoms with van der Waals surface area (Å²) < 4.78 is 19.3. The van der Waals surface area contributed by atoms with E-state index in [4.69, 9.17) is 4.42 Å². The molecule has 1 unspecified atom stereocenters. The fourth-order valence-electron chi connectivity index (χ4n) is 3.22. The lowest BCUT2D eigenvalue weighted by molar-refractivity contribution is 0.0348. The Hall–Kier alpha value is -2.55. The molecule has 2 aromatic rings. The second-order valence-electron chi connectivity index (χ2n) is 7.68. The number of anilines is 1. The number of β-amino-alcohol motifs (C(OH)–C–C–N with tert-alkyl or cyclic N) is 1. The Bertz CT molecular complexity index is 873. The molecule has 1 amide bonds. The quantitative estimate of drug-likeness (QED) is 0.693. The molecule has 2 N–H and O–H groups in total. The molecule has 156 valence electrons. The number of hydrogen-bond acceptors (Lipinski definition) is 6. The van der Waals surface area contributed by atoms with Gasteiger partial charge in [-0.1, -0.05) is 12.1 Å². The summed E-state index contributed by atoms with van der Waals surface area (Å²) in [5.74, 6) is -0.576. The van der Waals surface area contributed by atoms with Gasteiger partial charge in [-0.15, -0.1) is 6.58 Å². The summed E-state index contributed by atoms with van der Waals surface area (Å²) >= 11 is 0. The standard InChI is InChI=1S/C21H27FN4O3/c1-4-21(3,28)14-26-9-7-25(8-10-26)12-19-23-18(13-29-19)20(27)24-17-11-15(2)5-6-16(17)22/h4-6,11,13,28H,1,7-10,12,14H2,2-3H3,(H,24,27). The van der Waals surface area contributed by atoms with Crippen LogP contribution in [0.2, 0.25) is 0 Å². The van der Waals surface area contributed by atoms with Crippen LogP contribution in [0.15, 0.2) is 41.5 Å². The van der Waals surface area contributed by atoms with Gasteiger partial charge in [0.25, 0.3) is 5.91 Å². The largest absolute Gasteiger partial charge is 0.447 e. The Labute approximate surface area is 169 Å². The number of rotatable bonds is 7. The normalized spacial score (nSPS) is 17.7. The third-order valence-corrected chi connectivity index (χ3v) is 4.96. The second-order valence-corrected chi connectivity index (χ2v) is 7.68. The van der Waals surface area contributed by atoms with Crippen LogP contribution in [-0.4, -0.2) is 64.1 Å². The Morgan fingerprint density at radius 1 is 1.38 bits per heavy atom. The SMILES string of the molecule is C=CC(C)(O)CN1CCN(Cc2nc(C(=O)Nc3cc(C)ccc3F)co2)CC1. The first kappa shape index (κ1) is 21.2. The highest BCUT2D eigenvalue weighted by Gasteiger charge is 2.25. The Balaban J connectivity index is 1.52. The van der Waals surface area contributed by atoms with Gasteiger partial charge in [0.05, 0.1) is 17.8 Å². The van der Waals surface area contributed by atoms with Crippen molar-refractivity contribution < 1.29 is 18.7 Å². The highest BCUT2D eigenvalue weighted by atomic mass is 19.1. The van der Waals surface area contributed by atoms with Crippen LogP contribution in [-0.2, 0) is 6.54 Å². The van der Waals surface area contributed by atoms with Gasteiger partial charge in [-0.05, 0) is 31.5 Å². The van der Waals surface area contributed by atoms with Crippen LogP contribution in [0.3, 0.4) is 0 Å². The van der Waals surface area contributed by atoms with Gasteiger partial charge in [-0.2, -0.15) is 0 Å². The lowest BCUT2D eigenvalue weighted by atomic mass is 10.1. The minimum atomic E-state index is -0.899. The van der Waals surface area contributed by atoms with Crippen LogP contribution in [0.5, 0.6) is 0 Å². The molecule has 3 rings (SSSR count). The van der Waals surface area contributed by atoms with Crippen LogP contribution in [0.25, 0.3) is 0 Å². The predicted octanol–water partition coefficient (Wildman–Crippen LogP) is 2.43. The molecule has 0 bridgehead atoms. The first-order valence-electron chi connectivity index (χ1n) is 9.58. The maximum absolute atomic E-state index is 13.8. The van der Waals surface area contributed by atoms with Crippen LogP contribution in [0.1, 0.15) is 28.9 Å². The summed E-state index contributed by atoms with van der Waals surface area (Å²) in [6.07, 6.45) is 2.84. The Morgan fingerprint density at radius 2 is 2.07 bits per heavy atom. The van der Waals surface area contributed by atoms with Crippen LogP contribution >= 0.6 is 0 Å². The predicted molar refractivity (Wildman–Crippen MR) is 108 cm³/mol. The zero-order valence-corrected chi connectivity index (χ0v) is 16.8. The van der Waals surface area contributed by atoms with Crippen molar-refractivity contribution in [2.45, 2.75) is 26.0 Å². The van der Waals surface area contributed by atoms with Crippen molar-refractivity contribution in [1.29, 1.82) is 0 Å². The molecule has 0 aliphatic carbocycles. The van der Waals surface area contributed by atoms with E-state index in [0.29, 0.717) is 19.0 Å². The summed E-state index contributed by atoms with van der Waals surface area (Å²) in [5, 5.41) is 12.6. The summed E-state index contributed by atoms with van der Waals surface area (Å²) in [7, 11) is 0. The number of carbonyl (C=O) groups excluding carboxylic acids is 1. The number of carbonyl (C=O) groups is 1. The molecule has 8 heteroatoms. The molecule has 1 aliphatic rings. The van der Waals surface area contributed by atoms with Crippen molar-refractivity contribution in [1.82, 2.24) is 14.8 Å². The van der Waals surface area contributed by atoms with E-state index in [1.165, 1.54) is 12.3 Å². The lowest BCUT2D eigenvalue weighted by Gasteiger charge is -2.36. The number of halogens is 1. The topological polar surface area (TPSA) is 81.8 Å². The van der Waals surface area contributed by atoms with E-state index in [2.05, 4.69) is 26.7 Å². The minimum Gasteiger partial charge on any atom is -0.447 e. The average Bonchev–Trinajstić information content (AvgIpc) is 3.15. The molecular weight excluding hydrogens is 375 g/mol. The zero-order valence-electron chi connectivity index (χ0n) is 16.8. The Kier molecular flexibility index (Phi) is 6.46. The van der Waals surface area contributed by atoms with Crippen molar-refractivity contribution in [3.05, 3.63) is 60.1 Å². The maximum atomic E-state index is 13.8. The van der Waals surface area contributed by atoms with Gasteiger partial charge in [-0.3, -0.25) is 14.6 Å². The molecule has 1 saturated heterocycles. The number of piperazine rings is 1. The van der Waals surface area contributed by atoms with Gasteiger partial charge in [0.2, 0.25) is 5.89 Å². The van der Waals surface area contributed by atoms with Crippen molar-refractivity contribution in [3.63, 3.8) is 0 Å². The van der Waals surface area contributed by atoms with Gasteiger partial charge >= 0.3 is 0 Å². The maximum Gasteiger partial charge on any atom is 0.277 e. The average molecular weight is 402 g/mol. The summed E-state index contributed by atoms with van der Waals surface area (Å²) in [6.45, 7) is 11.5. The number of aliphatic hydroxyl groups is 1. The number of nitrogens with one attached hydrogen (secondary N) is 1. The highest BCUT2D eigenvalue weighted by Crippen LogP contribution is 2.17. The number of nitrogens with zero attached hydrogens (tertiary/aromatic N) is 3. The molecule has 0 spiro atoms. The number of hydrogen-bond donors (Lipinski definition) is 2. The summed E-state index contributed by atoms with van der Waals surface area (Å²) in [5.41, 5.74) is 0.174. The van der Waals surface area contributed by atoms with Crippen molar-refractivity contribution in [2.75, 3.05) is 38.0 Å². The van der Waals surface area contributed by atoms with Gasteiger partial charge in [-0.25, -0.2) is 9.37 Å². The number of aryl methyl sites for hydroxylation is 1. The number of oxazole rings is 1. The monoisotopic (exact) mass is 402 g/mol. The summed E-state index contributed by atoms with van der Waals surface area (Å²) in [6, 6.07) is 4.52. The Morgan fingerprint density at radius 3 is 2.76 bits per heavy atom. The molecule has 0 saturated carbocycles. The molecule has 1 aromatic carbocycles. The van der Waals surface area contributed by atoms with Gasteiger partial charge in [0.15, 0.2) is 5.69 Å². The molecule has 1 aromatic heterocycles. The third kappa shape index (κ3) is 5.72. The third-order valence-electron chi connectivity index (χ3n) is 4.96. The van der Waals surface area contributed by atoms with Crippen molar-refractivity contribution in [3.8, 4) is 0 Å². The van der Waals surface area contributed by atoms with E-state index in [9.17, 15) is 14.3 Å². The van der Waals surface area contributed by atoms with Crippen LogP contribution < -0.4 is 5.32 Å². The molecule has 1 aliphatic heterocycles. The molecule has 1 fully saturated rings. The van der Waals surface area contributed by atoms with E-state index in [-0.39, 0.29) is 11.4 Å². The van der Waals surface area contributed by atoms with Crippen LogP contribution in [0, 0.1) is 12.7 Å². The van der Waals surface area contributed by atoms with E-state index in [1.54, 1.807) is 25.1 Å². The fraction of sp³-hybridized carbons (Fsp3) is 0.429. The van der Waals surface area contributed by atoms with E-state index in [1.807, 2.05) is 6.92 Å². The number of aromatic nitrogens is 1. The van der Waals surface area contributed by atoms with Gasteiger partial charge < -0.3 is 14.8 Å². The number of amides is 1. The summed E-state index contributed by atoms with van der Waals surface area (Å²) in [4.78, 5) is 20.9. The highest BCUT2D eigenvalue weighted by molar-refractivity contribution is 6.02. The molecule has 0 radical (unpaired) electrons. The molecule has 29 heavy (non-hydrogen) atoms. The van der Waals surface area contributed by atoms with E-state index in [0.717, 1.165) is 31.7 Å².